The Kier molecular flexibility index (Phi) is 6.77. The summed E-state index contributed by atoms with van der Waals surface area (Å²) in [6.45, 7) is 13.1. The zero-order chi connectivity index (χ0) is 18.5. The van der Waals surface area contributed by atoms with Crippen molar-refractivity contribution in [3.8, 4) is 23.6 Å². The normalized spacial score (nSPS) is 11.2. The van der Waals surface area contributed by atoms with Crippen LogP contribution in [0, 0.1) is 39.9 Å². The lowest BCUT2D eigenvalue weighted by Gasteiger charge is -2.38. The van der Waals surface area contributed by atoms with Crippen LogP contribution in [0.1, 0.15) is 58.2 Å². The molecule has 4 heteroatoms. The maximum atomic E-state index is 14.3. The second-order valence-corrected chi connectivity index (χ2v) is 12.6. The number of hydrogen-bond acceptors (Lipinski definition) is 2. The van der Waals surface area contributed by atoms with Crippen molar-refractivity contribution in [1.82, 2.24) is 0 Å². The Balaban J connectivity index is 3.62. The van der Waals surface area contributed by atoms with Crippen LogP contribution in [0.5, 0.6) is 0 Å². The minimum Gasteiger partial charge on any atom is -0.206 e. The van der Waals surface area contributed by atoms with Crippen molar-refractivity contribution >= 4 is 8.07 Å². The van der Waals surface area contributed by atoms with Gasteiger partial charge in [-0.3, -0.25) is 0 Å². The van der Waals surface area contributed by atoms with E-state index in [1.54, 1.807) is 0 Å². The van der Waals surface area contributed by atoms with Crippen molar-refractivity contribution in [2.75, 3.05) is 0 Å². The van der Waals surface area contributed by atoms with E-state index < -0.39 is 13.9 Å². The zero-order valence-corrected chi connectivity index (χ0v) is 16.4. The summed E-state index contributed by atoms with van der Waals surface area (Å²) in [5, 5.41) is 18.3. The van der Waals surface area contributed by atoms with E-state index in [2.05, 4.69) is 53.0 Å². The summed E-state index contributed by atoms with van der Waals surface area (Å²) in [7, 11) is -2.01. The lowest BCUT2D eigenvalue weighted by atomic mass is 10.00. The molecule has 2 nitrogen and oxygen atoms in total. The highest BCUT2D eigenvalue weighted by Gasteiger charge is 2.41. The number of benzene rings is 1. The van der Waals surface area contributed by atoms with Crippen LogP contribution in [0.15, 0.2) is 12.1 Å². The van der Waals surface area contributed by atoms with Crippen LogP contribution in [0.2, 0.25) is 16.6 Å². The Bertz CT molecular complexity index is 718. The Morgan fingerprint density at radius 3 is 1.92 bits per heavy atom. The fourth-order valence-electron chi connectivity index (χ4n) is 3.71. The standard InChI is InChI=1S/C20H25FN2Si/c1-14(2)24(15(3)4,16(5)6)12-10-18-19(13-23)17(9-11-22)7-8-20(18)21/h7-8,14-16H,9H2,1-6H3. The molecule has 0 fully saturated rings. The largest absolute Gasteiger partial charge is 0.206 e. The molecule has 1 aromatic carbocycles. The van der Waals surface area contributed by atoms with Gasteiger partial charge in [0.25, 0.3) is 0 Å². The molecule has 0 spiro atoms. The van der Waals surface area contributed by atoms with Crippen LogP contribution < -0.4 is 0 Å². The van der Waals surface area contributed by atoms with E-state index in [-0.39, 0.29) is 17.5 Å². The summed E-state index contributed by atoms with van der Waals surface area (Å²) in [6, 6.07) is 6.86. The number of nitriles is 2. The lowest BCUT2D eigenvalue weighted by Crippen LogP contribution is -2.43. The quantitative estimate of drug-likeness (QED) is 0.549. The Hall–Kier alpha value is -2.09. The van der Waals surface area contributed by atoms with E-state index in [1.165, 1.54) is 12.1 Å². The Labute approximate surface area is 146 Å². The van der Waals surface area contributed by atoms with Crippen LogP contribution in [-0.4, -0.2) is 8.07 Å². The molecule has 0 unspecified atom stereocenters. The molecule has 0 atom stereocenters. The van der Waals surface area contributed by atoms with Crippen molar-refractivity contribution in [3.63, 3.8) is 0 Å². The van der Waals surface area contributed by atoms with Crippen molar-refractivity contribution in [3.05, 3.63) is 34.6 Å². The zero-order valence-electron chi connectivity index (χ0n) is 15.4. The molecular weight excluding hydrogens is 315 g/mol. The lowest BCUT2D eigenvalue weighted by molar-refractivity contribution is 0.623. The van der Waals surface area contributed by atoms with E-state index >= 15 is 0 Å². The maximum absolute atomic E-state index is 14.3. The summed E-state index contributed by atoms with van der Waals surface area (Å²) >= 11 is 0. The van der Waals surface area contributed by atoms with Crippen LogP contribution >= 0.6 is 0 Å². The van der Waals surface area contributed by atoms with Crippen molar-refractivity contribution < 1.29 is 4.39 Å². The first-order chi connectivity index (χ1) is 11.2. The van der Waals surface area contributed by atoms with Gasteiger partial charge in [0.05, 0.1) is 23.6 Å². The third-order valence-electron chi connectivity index (χ3n) is 4.89. The first-order valence-corrected chi connectivity index (χ1v) is 10.6. The molecule has 0 aliphatic carbocycles. The van der Waals surface area contributed by atoms with E-state index in [9.17, 15) is 9.65 Å². The first-order valence-electron chi connectivity index (χ1n) is 8.33. The Morgan fingerprint density at radius 1 is 0.958 bits per heavy atom. The molecule has 0 bridgehead atoms. The molecule has 0 amide bonds. The van der Waals surface area contributed by atoms with Gasteiger partial charge in [-0.2, -0.15) is 10.5 Å². The highest BCUT2D eigenvalue weighted by Crippen LogP contribution is 2.40. The molecular formula is C20H25FN2Si. The van der Waals surface area contributed by atoms with E-state index in [1.807, 2.05) is 12.1 Å². The van der Waals surface area contributed by atoms with Crippen molar-refractivity contribution in [1.29, 1.82) is 10.5 Å². The first kappa shape index (κ1) is 20.0. The van der Waals surface area contributed by atoms with E-state index in [0.29, 0.717) is 22.2 Å². The summed E-state index contributed by atoms with van der Waals surface area (Å²) in [5.74, 6) is 2.53. The third-order valence-corrected chi connectivity index (χ3v) is 11.2. The van der Waals surface area contributed by atoms with Crippen molar-refractivity contribution in [2.24, 2.45) is 0 Å². The molecule has 0 aliphatic rings. The van der Waals surface area contributed by atoms with Gasteiger partial charge in [0, 0.05) is 0 Å². The predicted octanol–water partition coefficient (Wildman–Crippen LogP) is 5.33. The van der Waals surface area contributed by atoms with Gasteiger partial charge in [0.2, 0.25) is 0 Å². The maximum Gasteiger partial charge on any atom is 0.146 e. The van der Waals surface area contributed by atoms with Crippen molar-refractivity contribution in [2.45, 2.75) is 64.6 Å². The fourth-order valence-corrected chi connectivity index (χ4v) is 8.91. The molecule has 0 heterocycles. The van der Waals surface area contributed by atoms with Crippen LogP contribution in [-0.2, 0) is 6.42 Å². The van der Waals surface area contributed by atoms with Gasteiger partial charge in [-0.15, -0.1) is 5.54 Å². The fraction of sp³-hybridized carbons (Fsp3) is 0.500. The van der Waals surface area contributed by atoms with E-state index in [4.69, 9.17) is 5.26 Å². The van der Waals surface area contributed by atoms with Crippen LogP contribution in [0.3, 0.4) is 0 Å². The summed E-state index contributed by atoms with van der Waals surface area (Å²) in [6.07, 6.45) is 0.0823. The van der Waals surface area contributed by atoms with Gasteiger partial charge in [0.1, 0.15) is 20.0 Å². The van der Waals surface area contributed by atoms with Gasteiger partial charge < -0.3 is 0 Å². The number of nitrogens with zero attached hydrogens (tertiary/aromatic N) is 2. The molecule has 0 aliphatic heterocycles. The number of hydrogen-bond donors (Lipinski definition) is 0. The summed E-state index contributed by atoms with van der Waals surface area (Å²) < 4.78 is 14.3. The molecule has 126 valence electrons. The number of halogens is 1. The molecule has 0 aromatic heterocycles. The second-order valence-electron chi connectivity index (χ2n) is 7.05. The van der Waals surface area contributed by atoms with E-state index in [0.717, 1.165) is 0 Å². The molecule has 0 radical (unpaired) electrons. The summed E-state index contributed by atoms with van der Waals surface area (Å²) in [5.41, 5.74) is 5.62. The monoisotopic (exact) mass is 340 g/mol. The van der Waals surface area contributed by atoms with Crippen LogP contribution in [0.4, 0.5) is 4.39 Å². The summed E-state index contributed by atoms with van der Waals surface area (Å²) in [4.78, 5) is 0. The molecule has 1 rings (SSSR count). The molecule has 0 N–H and O–H groups in total. The molecule has 0 saturated heterocycles. The van der Waals surface area contributed by atoms with Gasteiger partial charge in [-0.25, -0.2) is 4.39 Å². The Morgan fingerprint density at radius 2 is 1.50 bits per heavy atom. The smallest absolute Gasteiger partial charge is 0.146 e. The minimum atomic E-state index is -2.01. The molecule has 1 aromatic rings. The average molecular weight is 341 g/mol. The van der Waals surface area contributed by atoms with Gasteiger partial charge in [0.15, 0.2) is 0 Å². The van der Waals surface area contributed by atoms with Gasteiger partial charge in [-0.1, -0.05) is 53.5 Å². The van der Waals surface area contributed by atoms with Crippen LogP contribution in [0.25, 0.3) is 0 Å². The predicted molar refractivity (Wildman–Crippen MR) is 98.4 cm³/mol. The molecule has 24 heavy (non-hydrogen) atoms. The highest BCUT2D eigenvalue weighted by molar-refractivity contribution is 6.90. The average Bonchev–Trinajstić information content (AvgIpc) is 2.49. The number of rotatable bonds is 4. The third kappa shape index (κ3) is 3.69. The minimum absolute atomic E-state index is 0.0823. The second kappa shape index (κ2) is 8.14. The SMILES string of the molecule is CC(C)[Si](C#Cc1c(F)ccc(CC#N)c1C#N)(C(C)C)C(C)C. The van der Waals surface area contributed by atoms with Gasteiger partial charge >= 0.3 is 0 Å². The highest BCUT2D eigenvalue weighted by atomic mass is 28.3. The van der Waals surface area contributed by atoms with Gasteiger partial charge in [-0.05, 0) is 28.3 Å². The topological polar surface area (TPSA) is 47.6 Å². The molecule has 0 saturated carbocycles.